The average Bonchev–Trinajstić information content (AvgIpc) is 2.07. The van der Waals surface area contributed by atoms with Gasteiger partial charge in [0.25, 0.3) is 0 Å². The van der Waals surface area contributed by atoms with E-state index in [0.29, 0.717) is 5.92 Å². The van der Waals surface area contributed by atoms with E-state index in [1.165, 1.54) is 38.5 Å². The summed E-state index contributed by atoms with van der Waals surface area (Å²) in [5, 5.41) is 10.5. The lowest BCUT2D eigenvalue weighted by Gasteiger charge is -2.26. The van der Waals surface area contributed by atoms with Crippen molar-refractivity contribution in [1.29, 1.82) is 0 Å². The molecule has 65 valence electrons. The summed E-state index contributed by atoms with van der Waals surface area (Å²) in [4.78, 5) is 0. The molecule has 0 aromatic carbocycles. The molecule has 0 aromatic heterocycles. The molecule has 0 amide bonds. The van der Waals surface area contributed by atoms with E-state index in [4.69, 9.17) is 0 Å². The molecule has 0 aliphatic heterocycles. The van der Waals surface area contributed by atoms with Crippen molar-refractivity contribution in [3.05, 3.63) is 0 Å². The first kappa shape index (κ1) is 9.05. The Kier molecular flexibility index (Phi) is 3.92. The van der Waals surface area contributed by atoms with Crippen LogP contribution < -0.4 is 0 Å². The Morgan fingerprint density at radius 3 is 2.09 bits per heavy atom. The molecule has 1 heteroatoms. The minimum Gasteiger partial charge on any atom is -0.236 e. The van der Waals surface area contributed by atoms with Crippen LogP contribution in [0.4, 0.5) is 0 Å². The zero-order valence-electron chi connectivity index (χ0n) is 7.51. The normalized spacial score (nSPS) is 32.2. The van der Waals surface area contributed by atoms with Gasteiger partial charge in [-0.1, -0.05) is 32.6 Å². The molecule has 0 spiro atoms. The maximum Gasteiger partial charge on any atom is 0.0850 e. The van der Waals surface area contributed by atoms with E-state index < -0.39 is 0 Å². The quantitative estimate of drug-likeness (QED) is 0.597. The average molecular weight is 155 g/mol. The van der Waals surface area contributed by atoms with E-state index in [1.807, 2.05) is 0 Å². The van der Waals surface area contributed by atoms with Crippen molar-refractivity contribution < 1.29 is 5.11 Å². The molecule has 0 atom stereocenters. The minimum atomic E-state index is 0.166. The van der Waals surface area contributed by atoms with Gasteiger partial charge in [-0.05, 0) is 24.7 Å². The van der Waals surface area contributed by atoms with Crippen molar-refractivity contribution in [2.45, 2.75) is 45.4 Å². The Balaban J connectivity index is 2.14. The van der Waals surface area contributed by atoms with Gasteiger partial charge in [0.2, 0.25) is 0 Å². The highest BCUT2D eigenvalue weighted by Gasteiger charge is 2.19. The third-order valence-corrected chi connectivity index (χ3v) is 2.90. The topological polar surface area (TPSA) is 19.9 Å². The molecule has 1 saturated carbocycles. The van der Waals surface area contributed by atoms with E-state index >= 15 is 0 Å². The van der Waals surface area contributed by atoms with E-state index in [0.717, 1.165) is 5.92 Å². The Labute approximate surface area is 69.8 Å². The predicted octanol–water partition coefficient (Wildman–Crippen LogP) is 3.02. The van der Waals surface area contributed by atoms with Crippen LogP contribution in [0.25, 0.3) is 0 Å². The summed E-state index contributed by atoms with van der Waals surface area (Å²) in [6, 6.07) is 0. The molecule has 0 bridgehead atoms. The summed E-state index contributed by atoms with van der Waals surface area (Å²) in [5.41, 5.74) is 0. The first-order valence-electron chi connectivity index (χ1n) is 4.95. The third-order valence-electron chi connectivity index (χ3n) is 2.90. The molecule has 1 aliphatic carbocycles. The van der Waals surface area contributed by atoms with Crippen LogP contribution in [0.15, 0.2) is 0 Å². The van der Waals surface area contributed by atoms with Gasteiger partial charge in [0.15, 0.2) is 0 Å². The Morgan fingerprint density at radius 2 is 1.64 bits per heavy atom. The molecule has 1 rings (SSSR count). The monoisotopic (exact) mass is 155 g/mol. The fraction of sp³-hybridized carbons (Fsp3) is 1.00. The molecule has 1 fully saturated rings. The van der Waals surface area contributed by atoms with Crippen molar-refractivity contribution in [3.63, 3.8) is 0 Å². The molecule has 0 aromatic rings. The Morgan fingerprint density at radius 1 is 1.09 bits per heavy atom. The summed E-state index contributed by atoms with van der Waals surface area (Å²) < 4.78 is 0. The second kappa shape index (κ2) is 4.76. The van der Waals surface area contributed by atoms with Crippen LogP contribution in [-0.4, -0.2) is 6.61 Å². The largest absolute Gasteiger partial charge is 0.236 e. The Hall–Kier alpha value is -0.0400. The van der Waals surface area contributed by atoms with Gasteiger partial charge >= 0.3 is 0 Å². The second-order valence-corrected chi connectivity index (χ2v) is 3.84. The molecule has 1 radical (unpaired) electrons. The van der Waals surface area contributed by atoms with Crippen molar-refractivity contribution >= 4 is 0 Å². The highest BCUT2D eigenvalue weighted by atomic mass is 16.3. The first-order chi connectivity index (χ1) is 5.36. The molecular weight excluding hydrogens is 136 g/mol. The summed E-state index contributed by atoms with van der Waals surface area (Å²) in [5.74, 6) is 1.46. The molecule has 1 nitrogen and oxygen atoms in total. The molecule has 1 aliphatic rings. The zero-order valence-corrected chi connectivity index (χ0v) is 7.51. The van der Waals surface area contributed by atoms with Gasteiger partial charge in [0, 0.05) is 0 Å². The molecule has 0 heterocycles. The van der Waals surface area contributed by atoms with E-state index in [9.17, 15) is 5.11 Å². The van der Waals surface area contributed by atoms with Crippen LogP contribution in [0, 0.1) is 11.8 Å². The molecule has 11 heavy (non-hydrogen) atoms. The molecular formula is C10H19O. The third kappa shape index (κ3) is 2.82. The summed E-state index contributed by atoms with van der Waals surface area (Å²) in [7, 11) is 0. The van der Waals surface area contributed by atoms with E-state index in [2.05, 4.69) is 6.92 Å². The summed E-state index contributed by atoms with van der Waals surface area (Å²) >= 11 is 0. The lowest BCUT2D eigenvalue weighted by atomic mass is 9.80. The number of hydrogen-bond acceptors (Lipinski definition) is 0. The highest BCUT2D eigenvalue weighted by Crippen LogP contribution is 2.30. The Bertz CT molecular complexity index is 93.0. The molecule has 0 unspecified atom stereocenters. The zero-order chi connectivity index (χ0) is 8.10. The summed E-state index contributed by atoms with van der Waals surface area (Å²) in [6.07, 6.45) is 7.74. The fourth-order valence-corrected chi connectivity index (χ4v) is 2.10. The molecule has 0 N–H and O–H groups in total. The first-order valence-corrected chi connectivity index (χ1v) is 4.95. The van der Waals surface area contributed by atoms with Crippen molar-refractivity contribution in [2.24, 2.45) is 11.8 Å². The van der Waals surface area contributed by atoms with Crippen LogP contribution in [0.1, 0.15) is 45.4 Å². The van der Waals surface area contributed by atoms with Gasteiger partial charge < -0.3 is 0 Å². The van der Waals surface area contributed by atoms with Crippen molar-refractivity contribution in [1.82, 2.24) is 0 Å². The van der Waals surface area contributed by atoms with Crippen LogP contribution in [0.3, 0.4) is 0 Å². The number of hydrogen-bond donors (Lipinski definition) is 0. The maximum absolute atomic E-state index is 10.5. The van der Waals surface area contributed by atoms with Gasteiger partial charge in [-0.3, -0.25) is 0 Å². The molecule has 0 saturated heterocycles. The van der Waals surface area contributed by atoms with Crippen LogP contribution >= 0.6 is 0 Å². The van der Waals surface area contributed by atoms with Crippen LogP contribution in [-0.2, 0) is 5.11 Å². The van der Waals surface area contributed by atoms with Gasteiger partial charge in [-0.2, -0.15) is 0 Å². The standard InChI is InChI=1S/C10H19O/c1-2-3-9-4-6-10(8-11)7-5-9/h9-10H,2-8H2,1H3. The van der Waals surface area contributed by atoms with E-state index in [-0.39, 0.29) is 6.61 Å². The van der Waals surface area contributed by atoms with Gasteiger partial charge in [0.1, 0.15) is 0 Å². The highest BCUT2D eigenvalue weighted by molar-refractivity contribution is 4.71. The summed E-state index contributed by atoms with van der Waals surface area (Å²) in [6.45, 7) is 2.42. The number of rotatable bonds is 3. The van der Waals surface area contributed by atoms with Crippen LogP contribution in [0.5, 0.6) is 0 Å². The second-order valence-electron chi connectivity index (χ2n) is 3.84. The SMILES string of the molecule is CCCC1CCC(C[O])CC1. The maximum atomic E-state index is 10.5. The lowest BCUT2D eigenvalue weighted by Crippen LogP contribution is -2.16. The smallest absolute Gasteiger partial charge is 0.0850 e. The van der Waals surface area contributed by atoms with Crippen molar-refractivity contribution in [3.8, 4) is 0 Å². The van der Waals surface area contributed by atoms with Gasteiger partial charge in [-0.25, -0.2) is 5.11 Å². The van der Waals surface area contributed by atoms with Gasteiger partial charge in [-0.15, -0.1) is 0 Å². The minimum absolute atomic E-state index is 0.166. The predicted molar refractivity (Wildman–Crippen MR) is 45.9 cm³/mol. The van der Waals surface area contributed by atoms with Crippen LogP contribution in [0.2, 0.25) is 0 Å². The van der Waals surface area contributed by atoms with Crippen molar-refractivity contribution in [2.75, 3.05) is 6.61 Å². The van der Waals surface area contributed by atoms with E-state index in [1.54, 1.807) is 0 Å². The van der Waals surface area contributed by atoms with Gasteiger partial charge in [0.05, 0.1) is 6.61 Å². The fourth-order valence-electron chi connectivity index (χ4n) is 2.10. The lowest BCUT2D eigenvalue weighted by molar-refractivity contribution is 0.108.